The molecule has 5 nitrogen and oxygen atoms in total. The average Bonchev–Trinajstić information content (AvgIpc) is 2.98. The van der Waals surface area contributed by atoms with Crippen LogP contribution in [0.25, 0.3) is 28.0 Å². The largest absolute Gasteiger partial charge is 0.323 e. The molecule has 2 heterocycles. The number of rotatable bonds is 3. The number of imidazole rings is 1. The first-order valence-corrected chi connectivity index (χ1v) is 7.49. The molecule has 0 aliphatic heterocycles. The minimum absolute atomic E-state index is 0.133. The van der Waals surface area contributed by atoms with Gasteiger partial charge in [-0.25, -0.2) is 4.79 Å². The minimum atomic E-state index is -0.285. The van der Waals surface area contributed by atoms with Gasteiger partial charge in [0.2, 0.25) is 0 Å². The first-order chi connectivity index (χ1) is 11.7. The SMILES string of the molecule is O=C(C=Cc1cccc2cccnc12)c1ccc2[nH]c(=O)[nH]c2c1. The zero-order valence-electron chi connectivity index (χ0n) is 12.6. The molecule has 2 N–H and O–H groups in total. The maximum atomic E-state index is 12.4. The van der Waals surface area contributed by atoms with Gasteiger partial charge in [-0.15, -0.1) is 0 Å². The molecular weight excluding hydrogens is 302 g/mol. The maximum Gasteiger partial charge on any atom is 0.323 e. The van der Waals surface area contributed by atoms with Gasteiger partial charge in [0.1, 0.15) is 0 Å². The molecule has 0 aliphatic rings. The first-order valence-electron chi connectivity index (χ1n) is 7.49. The normalized spacial score (nSPS) is 11.5. The van der Waals surface area contributed by atoms with Gasteiger partial charge in [-0.05, 0) is 36.4 Å². The number of carbonyl (C=O) groups is 1. The molecule has 2 aromatic heterocycles. The van der Waals surface area contributed by atoms with Crippen LogP contribution in [0, 0.1) is 0 Å². The van der Waals surface area contributed by atoms with E-state index in [-0.39, 0.29) is 11.5 Å². The number of hydrogen-bond acceptors (Lipinski definition) is 3. The van der Waals surface area contributed by atoms with Gasteiger partial charge >= 0.3 is 5.69 Å². The lowest BCUT2D eigenvalue weighted by Crippen LogP contribution is -1.99. The summed E-state index contributed by atoms with van der Waals surface area (Å²) in [6, 6.07) is 14.8. The fourth-order valence-electron chi connectivity index (χ4n) is 2.71. The molecule has 0 saturated heterocycles. The van der Waals surface area contributed by atoms with E-state index in [0.29, 0.717) is 16.6 Å². The van der Waals surface area contributed by atoms with Crippen molar-refractivity contribution in [2.75, 3.05) is 0 Å². The highest BCUT2D eigenvalue weighted by Crippen LogP contribution is 2.18. The van der Waals surface area contributed by atoms with E-state index in [1.54, 1.807) is 30.5 Å². The predicted molar refractivity (Wildman–Crippen MR) is 94.0 cm³/mol. The quantitative estimate of drug-likeness (QED) is 0.450. The predicted octanol–water partition coefficient (Wildman–Crippen LogP) is 3.30. The van der Waals surface area contributed by atoms with Crippen molar-refractivity contribution in [1.82, 2.24) is 15.0 Å². The van der Waals surface area contributed by atoms with Crippen molar-refractivity contribution in [3.63, 3.8) is 0 Å². The molecule has 4 rings (SSSR count). The Kier molecular flexibility index (Phi) is 3.31. The molecular formula is C19H13N3O2. The third-order valence-corrected chi connectivity index (χ3v) is 3.88. The second-order valence-corrected chi connectivity index (χ2v) is 5.46. The molecule has 0 radical (unpaired) electrons. The van der Waals surface area contributed by atoms with Crippen molar-refractivity contribution in [3.8, 4) is 0 Å². The van der Waals surface area contributed by atoms with Crippen molar-refractivity contribution >= 4 is 33.8 Å². The van der Waals surface area contributed by atoms with Gasteiger partial charge in [0.25, 0.3) is 0 Å². The smallest absolute Gasteiger partial charge is 0.306 e. The number of allylic oxidation sites excluding steroid dienone is 1. The maximum absolute atomic E-state index is 12.4. The lowest BCUT2D eigenvalue weighted by molar-refractivity contribution is 0.104. The van der Waals surface area contributed by atoms with Crippen LogP contribution in [0.5, 0.6) is 0 Å². The molecule has 0 saturated carbocycles. The second-order valence-electron chi connectivity index (χ2n) is 5.46. The number of fused-ring (bicyclic) bond motifs is 2. The van der Waals surface area contributed by atoms with Crippen LogP contribution in [0.15, 0.2) is 65.6 Å². The molecule has 116 valence electrons. The summed E-state index contributed by atoms with van der Waals surface area (Å²) in [5, 5.41) is 1.03. The molecule has 0 atom stereocenters. The highest BCUT2D eigenvalue weighted by Gasteiger charge is 2.06. The number of aromatic amines is 2. The van der Waals surface area contributed by atoms with E-state index in [2.05, 4.69) is 15.0 Å². The summed E-state index contributed by atoms with van der Waals surface area (Å²) in [4.78, 5) is 33.4. The molecule has 4 aromatic rings. The minimum Gasteiger partial charge on any atom is -0.306 e. The Bertz CT molecular complexity index is 1150. The van der Waals surface area contributed by atoms with E-state index in [4.69, 9.17) is 0 Å². The zero-order chi connectivity index (χ0) is 16.5. The Balaban J connectivity index is 1.68. The van der Waals surface area contributed by atoms with Gasteiger partial charge in [0.15, 0.2) is 5.78 Å². The highest BCUT2D eigenvalue weighted by molar-refractivity contribution is 6.08. The average molecular weight is 315 g/mol. The summed E-state index contributed by atoms with van der Waals surface area (Å²) in [6.45, 7) is 0. The fourth-order valence-corrected chi connectivity index (χ4v) is 2.71. The summed E-state index contributed by atoms with van der Waals surface area (Å²) < 4.78 is 0. The van der Waals surface area contributed by atoms with Gasteiger partial charge < -0.3 is 9.97 Å². The zero-order valence-corrected chi connectivity index (χ0v) is 12.6. The number of benzene rings is 2. The van der Waals surface area contributed by atoms with Crippen LogP contribution < -0.4 is 5.69 Å². The number of nitrogens with one attached hydrogen (secondary N) is 2. The topological polar surface area (TPSA) is 78.6 Å². The van der Waals surface area contributed by atoms with Crippen molar-refractivity contribution < 1.29 is 4.79 Å². The number of hydrogen-bond donors (Lipinski definition) is 2. The molecule has 0 spiro atoms. The van der Waals surface area contributed by atoms with E-state index in [9.17, 15) is 9.59 Å². The number of aromatic nitrogens is 3. The highest BCUT2D eigenvalue weighted by atomic mass is 16.1. The van der Waals surface area contributed by atoms with E-state index < -0.39 is 0 Å². The standard InChI is InChI=1S/C19H13N3O2/c23-17(14-6-8-15-16(11-14)22-19(24)21-15)9-7-13-4-1-3-12-5-2-10-20-18(12)13/h1-11H,(H2,21,22,24). The van der Waals surface area contributed by atoms with Crippen molar-refractivity contribution in [2.24, 2.45) is 0 Å². The number of pyridine rings is 1. The van der Waals surface area contributed by atoms with Crippen molar-refractivity contribution in [2.45, 2.75) is 0 Å². The van der Waals surface area contributed by atoms with Crippen LogP contribution in [-0.4, -0.2) is 20.7 Å². The van der Waals surface area contributed by atoms with Crippen LogP contribution in [0.1, 0.15) is 15.9 Å². The van der Waals surface area contributed by atoms with Crippen LogP contribution in [0.2, 0.25) is 0 Å². The summed E-state index contributed by atoms with van der Waals surface area (Å²) in [5.41, 5.74) is 3.27. The van der Waals surface area contributed by atoms with Crippen LogP contribution in [0.3, 0.4) is 0 Å². The van der Waals surface area contributed by atoms with Crippen LogP contribution in [-0.2, 0) is 0 Å². The summed E-state index contributed by atoms with van der Waals surface area (Å²) in [6.07, 6.45) is 5.02. The lowest BCUT2D eigenvalue weighted by atomic mass is 10.1. The number of nitrogens with zero attached hydrogens (tertiary/aromatic N) is 1. The third-order valence-electron chi connectivity index (χ3n) is 3.88. The van der Waals surface area contributed by atoms with Gasteiger partial charge in [0.05, 0.1) is 16.6 Å². The Labute approximate surface area is 136 Å². The number of H-pyrrole nitrogens is 2. The van der Waals surface area contributed by atoms with Gasteiger partial charge in [-0.1, -0.05) is 24.3 Å². The molecule has 0 fully saturated rings. The molecule has 0 aliphatic carbocycles. The fraction of sp³-hybridized carbons (Fsp3) is 0. The Morgan fingerprint density at radius 1 is 1.00 bits per heavy atom. The summed E-state index contributed by atoms with van der Waals surface area (Å²) in [7, 11) is 0. The third kappa shape index (κ3) is 2.52. The molecule has 0 unspecified atom stereocenters. The van der Waals surface area contributed by atoms with Crippen molar-refractivity contribution in [1.29, 1.82) is 0 Å². The van der Waals surface area contributed by atoms with Gasteiger partial charge in [0, 0.05) is 22.7 Å². The Morgan fingerprint density at radius 2 is 1.83 bits per heavy atom. The van der Waals surface area contributed by atoms with Gasteiger partial charge in [-0.2, -0.15) is 0 Å². The van der Waals surface area contributed by atoms with E-state index >= 15 is 0 Å². The van der Waals surface area contributed by atoms with Crippen LogP contribution in [0.4, 0.5) is 0 Å². The van der Waals surface area contributed by atoms with E-state index in [0.717, 1.165) is 16.5 Å². The van der Waals surface area contributed by atoms with Crippen LogP contribution >= 0.6 is 0 Å². The van der Waals surface area contributed by atoms with E-state index in [1.807, 2.05) is 30.3 Å². The second kappa shape index (κ2) is 5.62. The summed E-state index contributed by atoms with van der Waals surface area (Å²) >= 11 is 0. The number of carbonyl (C=O) groups excluding carboxylic acids is 1. The lowest BCUT2D eigenvalue weighted by Gasteiger charge is -2.00. The Hall–Kier alpha value is -3.47. The monoisotopic (exact) mass is 315 g/mol. The van der Waals surface area contributed by atoms with E-state index in [1.165, 1.54) is 6.08 Å². The number of ketones is 1. The molecule has 5 heteroatoms. The molecule has 24 heavy (non-hydrogen) atoms. The molecule has 0 bridgehead atoms. The summed E-state index contributed by atoms with van der Waals surface area (Å²) in [5.74, 6) is -0.133. The number of para-hydroxylation sites is 1. The molecule has 0 amide bonds. The van der Waals surface area contributed by atoms with Gasteiger partial charge in [-0.3, -0.25) is 9.78 Å². The van der Waals surface area contributed by atoms with Crippen molar-refractivity contribution in [3.05, 3.63) is 82.4 Å². The Morgan fingerprint density at radius 3 is 2.75 bits per heavy atom. The molecule has 2 aromatic carbocycles. The first kappa shape index (κ1) is 14.1.